The number of esters is 1. The molecule has 96 valence electrons. The van der Waals surface area contributed by atoms with Gasteiger partial charge in [0.15, 0.2) is 0 Å². The van der Waals surface area contributed by atoms with Crippen LogP contribution in [0.2, 0.25) is 0 Å². The fraction of sp³-hybridized carbons (Fsp3) is 0.333. The van der Waals surface area contributed by atoms with E-state index in [1.54, 1.807) is 6.07 Å². The second kappa shape index (κ2) is 7.27. The molecular formula is C12H14N2O4. The summed E-state index contributed by atoms with van der Waals surface area (Å²) < 4.78 is 15.1. The fourth-order valence-electron chi connectivity index (χ4n) is 1.09. The third-order valence-electron chi connectivity index (χ3n) is 1.90. The van der Waals surface area contributed by atoms with E-state index in [9.17, 15) is 4.79 Å². The highest BCUT2D eigenvalue weighted by Gasteiger charge is 2.12. The summed E-state index contributed by atoms with van der Waals surface area (Å²) in [5, 5.41) is 8.44. The summed E-state index contributed by atoms with van der Waals surface area (Å²) in [5.41, 5.74) is 5.35. The summed E-state index contributed by atoms with van der Waals surface area (Å²) >= 11 is 0. The molecule has 0 aliphatic rings. The van der Waals surface area contributed by atoms with E-state index in [2.05, 4.69) is 6.58 Å². The van der Waals surface area contributed by atoms with Gasteiger partial charge in [0, 0.05) is 0 Å². The second-order valence-electron chi connectivity index (χ2n) is 3.40. The number of nitrogens with zero attached hydrogens (tertiary/aromatic N) is 1. The van der Waals surface area contributed by atoms with Crippen LogP contribution in [0.4, 0.5) is 0 Å². The molecule has 0 saturated carbocycles. The minimum Gasteiger partial charge on any atom is -0.456 e. The number of rotatable bonds is 7. The van der Waals surface area contributed by atoms with E-state index in [1.807, 2.05) is 6.07 Å². The predicted molar refractivity (Wildman–Crippen MR) is 62.4 cm³/mol. The molecule has 18 heavy (non-hydrogen) atoms. The van der Waals surface area contributed by atoms with Crippen molar-refractivity contribution in [3.63, 3.8) is 0 Å². The molecule has 0 amide bonds. The first-order valence-electron chi connectivity index (χ1n) is 5.27. The number of ether oxygens (including phenoxy) is 2. The van der Waals surface area contributed by atoms with E-state index in [-0.39, 0.29) is 25.6 Å². The molecular weight excluding hydrogens is 236 g/mol. The van der Waals surface area contributed by atoms with Crippen molar-refractivity contribution in [2.24, 2.45) is 5.73 Å². The maximum Gasteiger partial charge on any atom is 0.374 e. The quantitative estimate of drug-likeness (QED) is 0.572. The molecule has 0 bridgehead atoms. The van der Waals surface area contributed by atoms with Crippen LogP contribution in [0.3, 0.4) is 0 Å². The number of furan rings is 1. The van der Waals surface area contributed by atoms with Gasteiger partial charge in [-0.15, -0.1) is 0 Å². The lowest BCUT2D eigenvalue weighted by Crippen LogP contribution is -2.23. The van der Waals surface area contributed by atoms with Crippen LogP contribution in [0.25, 0.3) is 0 Å². The van der Waals surface area contributed by atoms with Crippen molar-refractivity contribution in [1.29, 1.82) is 5.26 Å². The Hall–Kier alpha value is -2.10. The lowest BCUT2D eigenvalue weighted by Gasteiger charge is -2.02. The summed E-state index contributed by atoms with van der Waals surface area (Å²) in [6, 6.07) is 4.26. The van der Waals surface area contributed by atoms with Gasteiger partial charge in [-0.25, -0.2) is 4.79 Å². The molecule has 0 saturated heterocycles. The molecule has 6 heteroatoms. The van der Waals surface area contributed by atoms with Crippen molar-refractivity contribution < 1.29 is 18.7 Å². The summed E-state index contributed by atoms with van der Waals surface area (Å²) in [7, 11) is 0. The minimum atomic E-state index is -0.669. The van der Waals surface area contributed by atoms with E-state index >= 15 is 0 Å². The lowest BCUT2D eigenvalue weighted by atomic mass is 10.4. The maximum atomic E-state index is 11.4. The number of hydrogen-bond donors (Lipinski definition) is 1. The van der Waals surface area contributed by atoms with E-state index in [1.165, 1.54) is 12.1 Å². The maximum absolute atomic E-state index is 11.4. The minimum absolute atomic E-state index is 0.0973. The van der Waals surface area contributed by atoms with Crippen LogP contribution in [0.15, 0.2) is 29.2 Å². The molecule has 1 unspecified atom stereocenters. The molecule has 1 heterocycles. The van der Waals surface area contributed by atoms with E-state index in [0.29, 0.717) is 5.76 Å². The van der Waals surface area contributed by atoms with Crippen molar-refractivity contribution in [2.75, 3.05) is 13.2 Å². The topological polar surface area (TPSA) is 98.5 Å². The Morgan fingerprint density at radius 2 is 2.44 bits per heavy atom. The molecule has 1 atom stereocenters. The zero-order valence-electron chi connectivity index (χ0n) is 9.80. The zero-order chi connectivity index (χ0) is 13.4. The van der Waals surface area contributed by atoms with Crippen LogP contribution in [-0.4, -0.2) is 25.2 Å². The number of nitrogens with two attached hydrogens (primary N) is 1. The van der Waals surface area contributed by atoms with Gasteiger partial charge in [-0.05, 0) is 12.1 Å². The Kier molecular flexibility index (Phi) is 5.64. The summed E-state index contributed by atoms with van der Waals surface area (Å²) in [6.45, 7) is 3.81. The molecule has 1 aromatic rings. The smallest absolute Gasteiger partial charge is 0.374 e. The molecule has 0 radical (unpaired) electrons. The van der Waals surface area contributed by atoms with Crippen molar-refractivity contribution in [2.45, 2.75) is 12.6 Å². The summed E-state index contributed by atoms with van der Waals surface area (Å²) in [4.78, 5) is 11.4. The third kappa shape index (κ3) is 4.41. The molecule has 0 aromatic carbocycles. The lowest BCUT2D eigenvalue weighted by molar-refractivity contribution is 0.0501. The van der Waals surface area contributed by atoms with Gasteiger partial charge in [0.25, 0.3) is 0 Å². The first kappa shape index (κ1) is 14.0. The normalized spacial score (nSPS) is 11.6. The predicted octanol–water partition coefficient (Wildman–Crippen LogP) is 0.990. The molecule has 2 N–H and O–H groups in total. The van der Waals surface area contributed by atoms with E-state index < -0.39 is 12.0 Å². The van der Waals surface area contributed by atoms with Gasteiger partial charge in [-0.2, -0.15) is 5.26 Å². The third-order valence-corrected chi connectivity index (χ3v) is 1.90. The zero-order valence-corrected chi connectivity index (χ0v) is 9.80. The van der Waals surface area contributed by atoms with Gasteiger partial charge < -0.3 is 19.6 Å². The number of carbonyl (C=O) groups excluding carboxylic acids is 1. The van der Waals surface area contributed by atoms with Crippen LogP contribution in [0, 0.1) is 11.3 Å². The van der Waals surface area contributed by atoms with Gasteiger partial charge >= 0.3 is 5.97 Å². The van der Waals surface area contributed by atoms with Crippen molar-refractivity contribution in [3.8, 4) is 6.07 Å². The van der Waals surface area contributed by atoms with Crippen molar-refractivity contribution in [3.05, 3.63) is 36.3 Å². The standard InChI is InChI=1S/C12H14N2O4/c1-2-5-17-12(15)11-4-3-10(18-11)8-16-7-9(14)6-13/h2-4,9H,1,5,7-8,14H2. The highest BCUT2D eigenvalue weighted by molar-refractivity contribution is 5.86. The van der Waals surface area contributed by atoms with Gasteiger partial charge in [-0.3, -0.25) is 0 Å². The second-order valence-corrected chi connectivity index (χ2v) is 3.40. The summed E-state index contributed by atoms with van der Waals surface area (Å²) in [5.74, 6) is 0.000556. The Balaban J connectivity index is 2.41. The average Bonchev–Trinajstić information content (AvgIpc) is 2.84. The first-order chi connectivity index (χ1) is 8.67. The van der Waals surface area contributed by atoms with Crippen LogP contribution in [0.1, 0.15) is 16.3 Å². The van der Waals surface area contributed by atoms with Gasteiger partial charge in [0.05, 0.1) is 12.7 Å². The Morgan fingerprint density at radius 1 is 1.67 bits per heavy atom. The molecule has 0 fully saturated rings. The molecule has 6 nitrogen and oxygen atoms in total. The first-order valence-corrected chi connectivity index (χ1v) is 5.27. The summed E-state index contributed by atoms with van der Waals surface area (Å²) in [6.07, 6.45) is 1.47. The SMILES string of the molecule is C=CCOC(=O)c1ccc(COCC(N)C#N)o1. The molecule has 0 aliphatic heterocycles. The molecule has 1 aromatic heterocycles. The largest absolute Gasteiger partial charge is 0.456 e. The Morgan fingerprint density at radius 3 is 3.11 bits per heavy atom. The van der Waals surface area contributed by atoms with Crippen LogP contribution in [0.5, 0.6) is 0 Å². The van der Waals surface area contributed by atoms with Gasteiger partial charge in [0.2, 0.25) is 5.76 Å². The van der Waals surface area contributed by atoms with Crippen molar-refractivity contribution in [1.82, 2.24) is 0 Å². The van der Waals surface area contributed by atoms with Crippen LogP contribution >= 0.6 is 0 Å². The van der Waals surface area contributed by atoms with Crippen LogP contribution in [-0.2, 0) is 16.1 Å². The van der Waals surface area contributed by atoms with Gasteiger partial charge in [-0.1, -0.05) is 12.7 Å². The molecule has 0 spiro atoms. The van der Waals surface area contributed by atoms with E-state index in [4.69, 9.17) is 24.9 Å². The highest BCUT2D eigenvalue weighted by atomic mass is 16.5. The van der Waals surface area contributed by atoms with E-state index in [0.717, 1.165) is 0 Å². The van der Waals surface area contributed by atoms with Crippen molar-refractivity contribution >= 4 is 5.97 Å². The van der Waals surface area contributed by atoms with Crippen LogP contribution < -0.4 is 5.73 Å². The monoisotopic (exact) mass is 250 g/mol. The van der Waals surface area contributed by atoms with Gasteiger partial charge in [0.1, 0.15) is 25.0 Å². The number of carbonyl (C=O) groups is 1. The average molecular weight is 250 g/mol. The molecule has 0 aliphatic carbocycles. The Bertz CT molecular complexity index is 447. The fourth-order valence-corrected chi connectivity index (χ4v) is 1.09. The molecule has 1 rings (SSSR count). The number of nitriles is 1. The highest BCUT2D eigenvalue weighted by Crippen LogP contribution is 2.10. The Labute approximate surface area is 105 Å². The number of hydrogen-bond acceptors (Lipinski definition) is 6.